The molecule has 0 unspecified atom stereocenters. The van der Waals surface area contributed by atoms with Crippen molar-refractivity contribution < 1.29 is 26.2 Å². The molecular weight excluding hydrogens is 384 g/mol. The van der Waals surface area contributed by atoms with Crippen molar-refractivity contribution in [1.82, 2.24) is 0 Å². The van der Waals surface area contributed by atoms with Crippen molar-refractivity contribution in [3.63, 3.8) is 0 Å². The van der Waals surface area contributed by atoms with E-state index in [0.29, 0.717) is 0 Å². The van der Waals surface area contributed by atoms with Crippen molar-refractivity contribution in [3.8, 4) is 0 Å². The van der Waals surface area contributed by atoms with Crippen LogP contribution in [-0.2, 0) is 51.9 Å². The van der Waals surface area contributed by atoms with Crippen molar-refractivity contribution in [2.45, 2.75) is 77.3 Å². The Kier molecular flexibility index (Phi) is 11.1. The summed E-state index contributed by atoms with van der Waals surface area (Å²) in [5, 5.41) is 0. The van der Waals surface area contributed by atoms with E-state index in [1.54, 1.807) is 22.3 Å². The van der Waals surface area contributed by atoms with Crippen LogP contribution in [0.4, 0.5) is 0 Å². The zero-order chi connectivity index (χ0) is 16.5. The maximum absolute atomic E-state index is 2.28. The van der Waals surface area contributed by atoms with Crippen LogP contribution in [0.5, 0.6) is 0 Å². The van der Waals surface area contributed by atoms with Crippen LogP contribution in [-0.4, -0.2) is 9.52 Å². The third-order valence-electron chi connectivity index (χ3n) is 4.97. The summed E-state index contributed by atoms with van der Waals surface area (Å²) in [6, 6.07) is 13.4. The quantitative estimate of drug-likeness (QED) is 0.403. The largest absolute Gasteiger partial charge is 2.00 e. The summed E-state index contributed by atoms with van der Waals surface area (Å²) < 4.78 is 0. The van der Waals surface area contributed by atoms with Crippen LogP contribution in [0.2, 0.25) is 12.1 Å². The summed E-state index contributed by atoms with van der Waals surface area (Å²) in [6.45, 7) is 6.80. The molecule has 0 nitrogen and oxygen atoms in total. The van der Waals surface area contributed by atoms with E-state index in [2.05, 4.69) is 56.8 Å². The first-order valence-corrected chi connectivity index (χ1v) is 11.3. The van der Waals surface area contributed by atoms with Gasteiger partial charge in [-0.25, -0.2) is 12.1 Å². The molecule has 2 aromatic rings. The first kappa shape index (κ1) is 21.8. The van der Waals surface area contributed by atoms with Gasteiger partial charge >= 0.3 is 26.2 Å². The summed E-state index contributed by atoms with van der Waals surface area (Å²) in [5.74, 6) is 0. The number of aryl methyl sites for hydroxylation is 4. The normalized spacial score (nSPS) is 15.0. The summed E-state index contributed by atoms with van der Waals surface area (Å²) in [7, 11) is 0.731. The fraction of sp³-hybridized carbons (Fsp3) is 0.545. The van der Waals surface area contributed by atoms with E-state index in [1.165, 1.54) is 51.4 Å². The van der Waals surface area contributed by atoms with Crippen molar-refractivity contribution >= 4 is 9.52 Å². The van der Waals surface area contributed by atoms with Gasteiger partial charge in [0.2, 0.25) is 0 Å². The van der Waals surface area contributed by atoms with Gasteiger partial charge in [-0.1, -0.05) is 77.3 Å². The Morgan fingerprint density at radius 3 is 1.50 bits per heavy atom. The molecule has 0 aromatic heterocycles. The molecule has 0 aliphatic heterocycles. The van der Waals surface area contributed by atoms with Crippen molar-refractivity contribution in [1.29, 1.82) is 0 Å². The summed E-state index contributed by atoms with van der Waals surface area (Å²) in [6.07, 6.45) is 10.9. The second-order valence-electron chi connectivity index (χ2n) is 7.14. The van der Waals surface area contributed by atoms with Crippen LogP contribution in [0.1, 0.15) is 61.8 Å². The average Bonchev–Trinajstić information content (AvgIpc) is 3.24. The van der Waals surface area contributed by atoms with Crippen molar-refractivity contribution in [2.24, 2.45) is 0 Å². The second kappa shape index (κ2) is 12.2. The predicted molar refractivity (Wildman–Crippen MR) is 105 cm³/mol. The summed E-state index contributed by atoms with van der Waals surface area (Å²) in [5.41, 5.74) is 7.36. The zero-order valence-corrected chi connectivity index (χ0v) is 19.4. The number of fused-ring (bicyclic) bond motifs is 2. The Balaban J connectivity index is 0.000000185. The fourth-order valence-electron chi connectivity index (χ4n) is 3.23. The van der Waals surface area contributed by atoms with Crippen LogP contribution in [0.25, 0.3) is 0 Å². The van der Waals surface area contributed by atoms with Gasteiger partial charge in [-0.3, -0.25) is 0 Å². The molecule has 0 fully saturated rings. The standard InChI is InChI=1S/2C9H11.C4H11Si.Zr/c2*1-2-5-9-7-3-6-8(9)4-1;1-4(2)5-3;/h2*3,6-7H,1-2,4-5H2;4-5H,1-3H3;/q2*-1;;+2. The van der Waals surface area contributed by atoms with Gasteiger partial charge in [0.1, 0.15) is 0 Å². The molecule has 0 saturated heterocycles. The molecular formula is C22H33SiZr. The first-order chi connectivity index (χ1) is 11.2. The Labute approximate surface area is 171 Å². The molecule has 2 heteroatoms. The Morgan fingerprint density at radius 1 is 0.792 bits per heavy atom. The van der Waals surface area contributed by atoms with E-state index in [-0.39, 0.29) is 26.2 Å². The second-order valence-corrected chi connectivity index (χ2v) is 9.14. The molecule has 0 bridgehead atoms. The molecule has 24 heavy (non-hydrogen) atoms. The average molecular weight is 417 g/mol. The van der Waals surface area contributed by atoms with Crippen LogP contribution in [0, 0.1) is 0 Å². The molecule has 2 aromatic carbocycles. The summed E-state index contributed by atoms with van der Waals surface area (Å²) in [4.78, 5) is 0. The number of rotatable bonds is 1. The Hall–Kier alpha value is -0.200. The van der Waals surface area contributed by atoms with Gasteiger partial charge in [0.05, 0.1) is 0 Å². The van der Waals surface area contributed by atoms with Crippen molar-refractivity contribution in [2.75, 3.05) is 0 Å². The van der Waals surface area contributed by atoms with Crippen molar-refractivity contribution in [3.05, 3.63) is 58.7 Å². The molecule has 0 N–H and O–H groups in total. The topological polar surface area (TPSA) is 0 Å². The Bertz CT molecular complexity index is 463. The van der Waals surface area contributed by atoms with E-state index in [4.69, 9.17) is 0 Å². The molecule has 4 rings (SSSR count). The zero-order valence-electron chi connectivity index (χ0n) is 15.8. The van der Waals surface area contributed by atoms with E-state index in [0.717, 1.165) is 15.1 Å². The minimum absolute atomic E-state index is 0. The van der Waals surface area contributed by atoms with Gasteiger partial charge in [-0.2, -0.15) is 46.5 Å². The number of hydrogen-bond donors (Lipinski definition) is 0. The SMILES string of the molecule is C[SiH]C(C)C.[Zr+2].c1cc2c([cH-]1)CCCC2.c1cc2c([cH-]1)CCCC2. The molecule has 0 saturated carbocycles. The van der Waals surface area contributed by atoms with Gasteiger partial charge in [0.15, 0.2) is 0 Å². The molecule has 2 aliphatic rings. The molecule has 1 radical (unpaired) electrons. The first-order valence-electron chi connectivity index (χ1n) is 9.47. The molecule has 0 heterocycles. The molecule has 0 atom stereocenters. The molecule has 0 spiro atoms. The smallest absolute Gasteiger partial charge is 0.210 e. The van der Waals surface area contributed by atoms with E-state index in [9.17, 15) is 0 Å². The molecule has 129 valence electrons. The molecule has 2 aliphatic carbocycles. The predicted octanol–water partition coefficient (Wildman–Crippen LogP) is 5.87. The van der Waals surface area contributed by atoms with Gasteiger partial charge in [-0.05, 0) is 0 Å². The maximum Gasteiger partial charge on any atom is 2.00 e. The number of hydrogen-bond acceptors (Lipinski definition) is 0. The van der Waals surface area contributed by atoms with Crippen LogP contribution in [0.15, 0.2) is 36.4 Å². The molecule has 0 amide bonds. The fourth-order valence-corrected chi connectivity index (χ4v) is 3.23. The third kappa shape index (κ3) is 7.36. The summed E-state index contributed by atoms with van der Waals surface area (Å²) >= 11 is 0. The van der Waals surface area contributed by atoms with E-state index in [1.807, 2.05) is 0 Å². The van der Waals surface area contributed by atoms with E-state index < -0.39 is 0 Å². The van der Waals surface area contributed by atoms with Gasteiger partial charge in [0, 0.05) is 9.52 Å². The van der Waals surface area contributed by atoms with Crippen LogP contribution in [0.3, 0.4) is 0 Å². The minimum atomic E-state index is 0. The van der Waals surface area contributed by atoms with Crippen LogP contribution < -0.4 is 0 Å². The van der Waals surface area contributed by atoms with E-state index >= 15 is 0 Å². The van der Waals surface area contributed by atoms with Gasteiger partial charge in [0.25, 0.3) is 0 Å². The van der Waals surface area contributed by atoms with Gasteiger partial charge in [-0.15, -0.1) is 0 Å². The third-order valence-corrected chi connectivity index (χ3v) is 6.30. The van der Waals surface area contributed by atoms with Crippen LogP contribution >= 0.6 is 0 Å². The van der Waals surface area contributed by atoms with Gasteiger partial charge < -0.3 is 0 Å². The minimum Gasteiger partial charge on any atom is -0.210 e. The Morgan fingerprint density at radius 2 is 1.17 bits per heavy atom. The maximum atomic E-state index is 2.28. The monoisotopic (exact) mass is 415 g/mol.